The quantitative estimate of drug-likeness (QED) is 0.725. The van der Waals surface area contributed by atoms with Gasteiger partial charge in [-0.2, -0.15) is 0 Å². The van der Waals surface area contributed by atoms with Crippen LogP contribution in [0.3, 0.4) is 0 Å². The van der Waals surface area contributed by atoms with Gasteiger partial charge in [-0.15, -0.1) is 0 Å². The van der Waals surface area contributed by atoms with Crippen molar-refractivity contribution in [1.29, 1.82) is 0 Å². The second-order valence-electron chi connectivity index (χ2n) is 7.85. The maximum Gasteiger partial charge on any atom is 0.233 e. The molecule has 0 N–H and O–H groups in total. The first kappa shape index (κ1) is 20.9. The van der Waals surface area contributed by atoms with E-state index < -0.39 is 10.0 Å². The van der Waals surface area contributed by atoms with Crippen LogP contribution in [0.15, 0.2) is 24.3 Å². The van der Waals surface area contributed by atoms with Crippen molar-refractivity contribution in [3.8, 4) is 0 Å². The molecule has 0 spiro atoms. The van der Waals surface area contributed by atoms with Gasteiger partial charge in [-0.3, -0.25) is 9.69 Å². The van der Waals surface area contributed by atoms with E-state index in [4.69, 9.17) is 4.98 Å². The third kappa shape index (κ3) is 3.96. The molecule has 2 aromatic rings. The first-order chi connectivity index (χ1) is 14.3. The van der Waals surface area contributed by atoms with Gasteiger partial charge in [0.2, 0.25) is 15.9 Å². The Morgan fingerprint density at radius 3 is 2.63 bits per heavy atom. The first-order valence-corrected chi connectivity index (χ1v) is 11.8. The van der Waals surface area contributed by atoms with Gasteiger partial charge >= 0.3 is 0 Å². The minimum Gasteiger partial charge on any atom is -0.292 e. The molecule has 30 heavy (non-hydrogen) atoms. The highest BCUT2D eigenvalue weighted by Gasteiger charge is 2.34. The van der Waals surface area contributed by atoms with Gasteiger partial charge in [0, 0.05) is 30.3 Å². The summed E-state index contributed by atoms with van der Waals surface area (Å²) < 4.78 is 39.4. The van der Waals surface area contributed by atoms with E-state index in [0.29, 0.717) is 31.3 Å². The SMILES string of the molecule is CCS(=O)(=O)N1CCCC(c2nc(C)c3c(n2)N(Cc2ccc(F)cc2)C(=O)C3)C1. The Morgan fingerprint density at radius 1 is 1.20 bits per heavy atom. The van der Waals surface area contributed by atoms with Crippen LogP contribution in [0, 0.1) is 12.7 Å². The van der Waals surface area contributed by atoms with E-state index in [0.717, 1.165) is 29.7 Å². The fourth-order valence-corrected chi connectivity index (χ4v) is 5.28. The third-order valence-electron chi connectivity index (χ3n) is 5.86. The van der Waals surface area contributed by atoms with Gasteiger partial charge in [-0.05, 0) is 44.4 Å². The number of nitrogens with zero attached hydrogens (tertiary/aromatic N) is 4. The Kier molecular flexibility index (Phi) is 5.59. The van der Waals surface area contributed by atoms with Gasteiger partial charge in [0.1, 0.15) is 17.5 Å². The van der Waals surface area contributed by atoms with E-state index in [9.17, 15) is 17.6 Å². The zero-order chi connectivity index (χ0) is 21.5. The van der Waals surface area contributed by atoms with Crippen molar-refractivity contribution in [3.63, 3.8) is 0 Å². The highest BCUT2D eigenvalue weighted by atomic mass is 32.2. The predicted octanol–water partition coefficient (Wildman–Crippen LogP) is 2.54. The van der Waals surface area contributed by atoms with Crippen LogP contribution in [0.25, 0.3) is 0 Å². The summed E-state index contributed by atoms with van der Waals surface area (Å²) in [6.07, 6.45) is 1.80. The van der Waals surface area contributed by atoms with Crippen LogP contribution in [-0.2, 0) is 27.8 Å². The topological polar surface area (TPSA) is 83.5 Å². The molecule has 9 heteroatoms. The minimum absolute atomic E-state index is 0.0669. The van der Waals surface area contributed by atoms with E-state index in [1.165, 1.54) is 16.4 Å². The van der Waals surface area contributed by atoms with Crippen LogP contribution in [-0.4, -0.2) is 47.4 Å². The molecule has 7 nitrogen and oxygen atoms in total. The molecule has 0 bridgehead atoms. The van der Waals surface area contributed by atoms with Crippen LogP contribution >= 0.6 is 0 Å². The number of sulfonamides is 1. The van der Waals surface area contributed by atoms with Crippen LogP contribution in [0.2, 0.25) is 0 Å². The molecule has 1 atom stereocenters. The summed E-state index contributed by atoms with van der Waals surface area (Å²) in [6.45, 7) is 4.70. The van der Waals surface area contributed by atoms with Crippen LogP contribution in [0.1, 0.15) is 48.3 Å². The van der Waals surface area contributed by atoms with Gasteiger partial charge in [-0.25, -0.2) is 27.1 Å². The summed E-state index contributed by atoms with van der Waals surface area (Å²) in [5.74, 6) is 0.749. The number of amides is 1. The normalized spacial score (nSPS) is 19.9. The monoisotopic (exact) mass is 432 g/mol. The number of fused-ring (bicyclic) bond motifs is 1. The first-order valence-electron chi connectivity index (χ1n) is 10.2. The summed E-state index contributed by atoms with van der Waals surface area (Å²) >= 11 is 0. The third-order valence-corrected chi connectivity index (χ3v) is 7.70. The Morgan fingerprint density at radius 2 is 1.93 bits per heavy atom. The van der Waals surface area contributed by atoms with Crippen LogP contribution in [0.5, 0.6) is 0 Å². The molecule has 1 aromatic carbocycles. The molecule has 1 unspecified atom stereocenters. The van der Waals surface area contributed by atoms with Gasteiger partial charge in [0.15, 0.2) is 0 Å². The molecule has 2 aliphatic heterocycles. The number of rotatable bonds is 5. The van der Waals surface area contributed by atoms with Crippen molar-refractivity contribution in [2.24, 2.45) is 0 Å². The average molecular weight is 433 g/mol. The summed E-state index contributed by atoms with van der Waals surface area (Å²) in [7, 11) is -3.26. The van der Waals surface area contributed by atoms with E-state index >= 15 is 0 Å². The number of carbonyl (C=O) groups is 1. The van der Waals surface area contributed by atoms with Crippen molar-refractivity contribution >= 4 is 21.7 Å². The summed E-state index contributed by atoms with van der Waals surface area (Å²) in [4.78, 5) is 23.6. The fraction of sp³-hybridized carbons (Fsp3) is 0.476. The van der Waals surface area contributed by atoms with Crippen LogP contribution < -0.4 is 4.90 Å². The van der Waals surface area contributed by atoms with Crippen molar-refractivity contribution in [3.05, 3.63) is 52.7 Å². The Balaban J connectivity index is 1.63. The molecule has 0 saturated carbocycles. The molecule has 1 amide bonds. The van der Waals surface area contributed by atoms with Gasteiger partial charge in [-0.1, -0.05) is 12.1 Å². The lowest BCUT2D eigenvalue weighted by atomic mass is 9.98. The summed E-state index contributed by atoms with van der Waals surface area (Å²) in [6, 6.07) is 6.06. The Hall–Kier alpha value is -2.39. The molecule has 1 saturated heterocycles. The second kappa shape index (κ2) is 8.03. The molecule has 3 heterocycles. The van der Waals surface area contributed by atoms with Gasteiger partial charge < -0.3 is 0 Å². The maximum absolute atomic E-state index is 13.2. The number of aromatic nitrogens is 2. The van der Waals surface area contributed by atoms with Crippen molar-refractivity contribution in [2.45, 2.75) is 45.6 Å². The molecule has 2 aliphatic rings. The minimum atomic E-state index is -3.26. The number of benzene rings is 1. The summed E-state index contributed by atoms with van der Waals surface area (Å²) in [5, 5.41) is 0. The number of hydrogen-bond acceptors (Lipinski definition) is 5. The summed E-state index contributed by atoms with van der Waals surface area (Å²) in [5.41, 5.74) is 2.37. The highest BCUT2D eigenvalue weighted by molar-refractivity contribution is 7.89. The number of halogens is 1. The molecule has 0 aliphatic carbocycles. The second-order valence-corrected chi connectivity index (χ2v) is 10.1. The highest BCUT2D eigenvalue weighted by Crippen LogP contribution is 2.34. The molecule has 160 valence electrons. The van der Waals surface area contributed by atoms with E-state index in [1.54, 1.807) is 24.0 Å². The molecule has 0 radical (unpaired) electrons. The molecule has 1 aromatic heterocycles. The predicted molar refractivity (Wildman–Crippen MR) is 111 cm³/mol. The number of hydrogen-bond donors (Lipinski definition) is 0. The maximum atomic E-state index is 13.2. The number of piperidine rings is 1. The fourth-order valence-electron chi connectivity index (χ4n) is 4.10. The lowest BCUT2D eigenvalue weighted by molar-refractivity contribution is -0.117. The smallest absolute Gasteiger partial charge is 0.233 e. The largest absolute Gasteiger partial charge is 0.292 e. The van der Waals surface area contributed by atoms with E-state index in [-0.39, 0.29) is 29.8 Å². The van der Waals surface area contributed by atoms with Crippen LogP contribution in [0.4, 0.5) is 10.2 Å². The van der Waals surface area contributed by atoms with Crippen molar-refractivity contribution in [1.82, 2.24) is 14.3 Å². The van der Waals surface area contributed by atoms with E-state index in [1.807, 2.05) is 6.92 Å². The van der Waals surface area contributed by atoms with Gasteiger partial charge in [0.05, 0.1) is 18.7 Å². The molecular formula is C21H25FN4O3S. The van der Waals surface area contributed by atoms with E-state index in [2.05, 4.69) is 4.98 Å². The Labute approximate surface area is 176 Å². The molecule has 1 fully saturated rings. The molecule has 4 rings (SSSR count). The Bertz CT molecular complexity index is 1070. The lowest BCUT2D eigenvalue weighted by Crippen LogP contribution is -2.40. The average Bonchev–Trinajstić information content (AvgIpc) is 3.05. The van der Waals surface area contributed by atoms with Gasteiger partial charge in [0.25, 0.3) is 0 Å². The lowest BCUT2D eigenvalue weighted by Gasteiger charge is -2.31. The zero-order valence-corrected chi connectivity index (χ0v) is 18.0. The number of carbonyl (C=O) groups excluding carboxylic acids is 1. The number of aryl methyl sites for hydroxylation is 1. The van der Waals surface area contributed by atoms with Crippen molar-refractivity contribution < 1.29 is 17.6 Å². The molecular weight excluding hydrogens is 407 g/mol. The zero-order valence-electron chi connectivity index (χ0n) is 17.1. The standard InChI is InChI=1S/C21H25FN4O3S/c1-3-30(28,29)25-10-4-5-16(13-25)20-23-14(2)18-11-19(27)26(21(18)24-20)12-15-6-8-17(22)9-7-15/h6-9,16H,3-5,10-13H2,1-2H3. The number of anilines is 1. The van der Waals surface area contributed by atoms with Crippen molar-refractivity contribution in [2.75, 3.05) is 23.7 Å².